The fourth-order valence-electron chi connectivity index (χ4n) is 2.80. The van der Waals surface area contributed by atoms with Crippen molar-refractivity contribution in [2.24, 2.45) is 0 Å². The molecule has 1 aliphatic rings. The van der Waals surface area contributed by atoms with Gasteiger partial charge in [0.25, 0.3) is 0 Å². The predicted octanol–water partition coefficient (Wildman–Crippen LogP) is 3.27. The van der Waals surface area contributed by atoms with Crippen LogP contribution in [0.5, 0.6) is 0 Å². The van der Waals surface area contributed by atoms with Gasteiger partial charge in [0.05, 0.1) is 5.69 Å². The quantitative estimate of drug-likeness (QED) is 0.668. The minimum absolute atomic E-state index is 0.0183. The van der Waals surface area contributed by atoms with E-state index in [1.165, 1.54) is 18.2 Å². The highest BCUT2D eigenvalue weighted by atomic mass is 19.2. The molecule has 8 heteroatoms. The lowest BCUT2D eigenvalue weighted by molar-refractivity contribution is 0.194. The zero-order chi connectivity index (χ0) is 18.7. The summed E-state index contributed by atoms with van der Waals surface area (Å²) in [7, 11) is 0. The number of urea groups is 1. The second kappa shape index (κ2) is 7.63. The van der Waals surface area contributed by atoms with E-state index < -0.39 is 17.5 Å². The average molecular weight is 367 g/mol. The van der Waals surface area contributed by atoms with Crippen molar-refractivity contribution in [1.29, 1.82) is 0 Å². The Morgan fingerprint density at radius 2 is 1.54 bits per heavy atom. The first-order valence-corrected chi connectivity index (χ1v) is 8.11. The Balaban J connectivity index is 1.54. The van der Waals surface area contributed by atoms with Crippen molar-refractivity contribution in [1.82, 2.24) is 10.2 Å². The fourth-order valence-corrected chi connectivity index (χ4v) is 2.80. The van der Waals surface area contributed by atoms with Crippen LogP contribution in [0.3, 0.4) is 0 Å². The molecule has 1 heterocycles. The Labute approximate surface area is 148 Å². The van der Waals surface area contributed by atoms with Gasteiger partial charge in [0, 0.05) is 32.7 Å². The molecule has 0 aromatic heterocycles. The lowest BCUT2D eigenvalue weighted by atomic mass is 10.2. The van der Waals surface area contributed by atoms with Crippen LogP contribution in [0, 0.1) is 23.3 Å². The van der Waals surface area contributed by atoms with Gasteiger partial charge < -0.3 is 15.1 Å². The largest absolute Gasteiger partial charge is 0.366 e. The molecule has 1 saturated heterocycles. The van der Waals surface area contributed by atoms with Gasteiger partial charge in [0.1, 0.15) is 5.82 Å². The minimum Gasteiger partial charge on any atom is -0.366 e. The maximum absolute atomic E-state index is 13.9. The molecule has 0 aliphatic carbocycles. The summed E-state index contributed by atoms with van der Waals surface area (Å²) in [6.07, 6.45) is 0. The van der Waals surface area contributed by atoms with Gasteiger partial charge in [0.15, 0.2) is 17.5 Å². The van der Waals surface area contributed by atoms with Crippen molar-refractivity contribution in [3.8, 4) is 0 Å². The number of nitrogens with one attached hydrogen (secondary N) is 1. The van der Waals surface area contributed by atoms with Crippen LogP contribution in [0.2, 0.25) is 0 Å². The molecular weight excluding hydrogens is 350 g/mol. The molecule has 138 valence electrons. The second-order valence-electron chi connectivity index (χ2n) is 5.95. The van der Waals surface area contributed by atoms with E-state index in [4.69, 9.17) is 0 Å². The van der Waals surface area contributed by atoms with Crippen LogP contribution in [0.4, 0.5) is 28.0 Å². The first kappa shape index (κ1) is 18.0. The van der Waals surface area contributed by atoms with Crippen LogP contribution in [-0.4, -0.2) is 37.1 Å². The highest BCUT2D eigenvalue weighted by Crippen LogP contribution is 2.24. The van der Waals surface area contributed by atoms with Crippen LogP contribution in [-0.2, 0) is 6.54 Å². The molecule has 0 radical (unpaired) electrons. The molecule has 2 amide bonds. The number of rotatable bonds is 3. The summed E-state index contributed by atoms with van der Waals surface area (Å²) in [4.78, 5) is 15.3. The zero-order valence-corrected chi connectivity index (χ0v) is 13.8. The molecule has 2 aromatic rings. The number of hydrogen-bond donors (Lipinski definition) is 1. The maximum atomic E-state index is 13.9. The molecule has 26 heavy (non-hydrogen) atoms. The van der Waals surface area contributed by atoms with Crippen molar-refractivity contribution in [3.63, 3.8) is 0 Å². The highest BCUT2D eigenvalue weighted by molar-refractivity contribution is 5.74. The topological polar surface area (TPSA) is 35.6 Å². The Bertz CT molecular complexity index is 790. The predicted molar refractivity (Wildman–Crippen MR) is 88.7 cm³/mol. The summed E-state index contributed by atoms with van der Waals surface area (Å²) in [6, 6.07) is 7.58. The Kier molecular flexibility index (Phi) is 5.29. The molecule has 0 saturated carbocycles. The van der Waals surface area contributed by atoms with Gasteiger partial charge in [-0.3, -0.25) is 0 Å². The van der Waals surface area contributed by atoms with Crippen molar-refractivity contribution in [2.75, 3.05) is 31.1 Å². The number of piperazine rings is 1. The molecule has 0 spiro atoms. The number of halogens is 4. The maximum Gasteiger partial charge on any atom is 0.317 e. The molecule has 0 bridgehead atoms. The van der Waals surface area contributed by atoms with Crippen molar-refractivity contribution < 1.29 is 22.4 Å². The van der Waals surface area contributed by atoms with Crippen LogP contribution >= 0.6 is 0 Å². The van der Waals surface area contributed by atoms with Gasteiger partial charge >= 0.3 is 6.03 Å². The number of carbonyl (C=O) groups is 1. The van der Waals surface area contributed by atoms with Crippen LogP contribution in [0.15, 0.2) is 36.4 Å². The fraction of sp³-hybridized carbons (Fsp3) is 0.278. The summed E-state index contributed by atoms with van der Waals surface area (Å²) in [6.45, 7) is 1.48. The smallest absolute Gasteiger partial charge is 0.317 e. The monoisotopic (exact) mass is 367 g/mol. The number of amides is 2. The van der Waals surface area contributed by atoms with Gasteiger partial charge in [-0.2, -0.15) is 0 Å². The number of carbonyl (C=O) groups excluding carboxylic acids is 1. The molecule has 1 fully saturated rings. The summed E-state index contributed by atoms with van der Waals surface area (Å²) >= 11 is 0. The van der Waals surface area contributed by atoms with E-state index >= 15 is 0 Å². The zero-order valence-electron chi connectivity index (χ0n) is 13.8. The normalized spacial score (nSPS) is 14.5. The van der Waals surface area contributed by atoms with Crippen LogP contribution in [0.25, 0.3) is 0 Å². The summed E-state index contributed by atoms with van der Waals surface area (Å²) in [5.41, 5.74) is 0.748. The van der Waals surface area contributed by atoms with Gasteiger partial charge in [-0.25, -0.2) is 22.4 Å². The summed E-state index contributed by atoms with van der Waals surface area (Å²) in [5, 5.41) is 2.73. The lowest BCUT2D eigenvalue weighted by Crippen LogP contribution is -2.52. The number of benzene rings is 2. The van der Waals surface area contributed by atoms with E-state index in [1.807, 2.05) is 0 Å². The summed E-state index contributed by atoms with van der Waals surface area (Å²) in [5.74, 6) is -4.30. The van der Waals surface area contributed by atoms with Crippen molar-refractivity contribution >= 4 is 11.7 Å². The van der Waals surface area contributed by atoms with Crippen molar-refractivity contribution in [2.45, 2.75) is 6.54 Å². The van der Waals surface area contributed by atoms with Crippen LogP contribution < -0.4 is 10.2 Å². The minimum atomic E-state index is -1.50. The van der Waals surface area contributed by atoms with Crippen LogP contribution in [0.1, 0.15) is 5.56 Å². The third-order valence-electron chi connectivity index (χ3n) is 4.28. The molecule has 3 rings (SSSR count). The second-order valence-corrected chi connectivity index (χ2v) is 5.95. The SMILES string of the molecule is O=C(NCc1ccc(F)cc1)N1CCN(c2ccc(F)c(F)c2F)CC1. The van der Waals surface area contributed by atoms with E-state index in [9.17, 15) is 22.4 Å². The highest BCUT2D eigenvalue weighted by Gasteiger charge is 2.24. The van der Waals surface area contributed by atoms with E-state index in [2.05, 4.69) is 5.32 Å². The third kappa shape index (κ3) is 3.89. The average Bonchev–Trinajstić information content (AvgIpc) is 2.66. The van der Waals surface area contributed by atoms with Crippen molar-refractivity contribution in [3.05, 3.63) is 65.2 Å². The molecular formula is C18H17F4N3O. The standard InChI is InChI=1S/C18H17F4N3O/c19-13-3-1-12(2-4-13)11-23-18(26)25-9-7-24(8-10-25)15-6-5-14(20)16(21)17(15)22/h1-6H,7-11H2,(H,23,26). The molecule has 1 aliphatic heterocycles. The van der Waals surface area contributed by atoms with Gasteiger partial charge in [-0.05, 0) is 29.8 Å². The van der Waals surface area contributed by atoms with Gasteiger partial charge in [-0.15, -0.1) is 0 Å². The first-order chi connectivity index (χ1) is 12.5. The van der Waals surface area contributed by atoms with E-state index in [1.54, 1.807) is 21.9 Å². The Morgan fingerprint density at radius 3 is 2.19 bits per heavy atom. The number of hydrogen-bond acceptors (Lipinski definition) is 2. The molecule has 4 nitrogen and oxygen atoms in total. The Hall–Kier alpha value is -2.77. The molecule has 0 unspecified atom stereocenters. The Morgan fingerprint density at radius 1 is 0.885 bits per heavy atom. The summed E-state index contributed by atoms with van der Waals surface area (Å²) < 4.78 is 53.1. The number of anilines is 1. The molecule has 2 aromatic carbocycles. The first-order valence-electron chi connectivity index (χ1n) is 8.11. The third-order valence-corrected chi connectivity index (χ3v) is 4.28. The molecule has 0 atom stereocenters. The van der Waals surface area contributed by atoms with E-state index in [0.29, 0.717) is 26.2 Å². The molecule has 1 N–H and O–H groups in total. The van der Waals surface area contributed by atoms with E-state index in [0.717, 1.165) is 11.6 Å². The number of nitrogens with zero attached hydrogens (tertiary/aromatic N) is 2. The van der Waals surface area contributed by atoms with E-state index in [-0.39, 0.29) is 24.1 Å². The van der Waals surface area contributed by atoms with Gasteiger partial charge in [-0.1, -0.05) is 12.1 Å². The van der Waals surface area contributed by atoms with Gasteiger partial charge in [0.2, 0.25) is 0 Å². The lowest BCUT2D eigenvalue weighted by Gasteiger charge is -2.36.